The minimum atomic E-state index is -0.322. The van der Waals surface area contributed by atoms with Gasteiger partial charge in [-0.2, -0.15) is 5.10 Å². The van der Waals surface area contributed by atoms with Crippen molar-refractivity contribution in [2.75, 3.05) is 7.05 Å². The van der Waals surface area contributed by atoms with Crippen LogP contribution in [0.4, 0.5) is 0 Å². The van der Waals surface area contributed by atoms with Gasteiger partial charge >= 0.3 is 0 Å². The Morgan fingerprint density at radius 1 is 1.56 bits per heavy atom. The van der Waals surface area contributed by atoms with Crippen molar-refractivity contribution < 1.29 is 9.90 Å². The Balaban J connectivity index is 2.12. The van der Waals surface area contributed by atoms with Gasteiger partial charge in [-0.3, -0.25) is 9.48 Å². The van der Waals surface area contributed by atoms with Gasteiger partial charge in [0.05, 0.1) is 6.20 Å². The molecule has 0 aliphatic heterocycles. The van der Waals surface area contributed by atoms with Gasteiger partial charge in [0.15, 0.2) is 5.69 Å². The van der Waals surface area contributed by atoms with Crippen molar-refractivity contribution in [1.29, 1.82) is 0 Å². The molecular formula is C12H14N4O2. The molecule has 2 aromatic heterocycles. The number of aromatic hydroxyl groups is 1. The van der Waals surface area contributed by atoms with Gasteiger partial charge in [-0.05, 0) is 12.1 Å². The van der Waals surface area contributed by atoms with Crippen LogP contribution in [-0.4, -0.2) is 37.7 Å². The van der Waals surface area contributed by atoms with E-state index in [4.69, 9.17) is 0 Å². The van der Waals surface area contributed by atoms with E-state index in [1.807, 2.05) is 13.2 Å². The summed E-state index contributed by atoms with van der Waals surface area (Å²) in [5, 5.41) is 13.6. The van der Waals surface area contributed by atoms with Crippen LogP contribution < -0.4 is 0 Å². The van der Waals surface area contributed by atoms with Gasteiger partial charge in [-0.1, -0.05) is 0 Å². The lowest BCUT2D eigenvalue weighted by molar-refractivity contribution is 0.0776. The van der Waals surface area contributed by atoms with E-state index in [1.165, 1.54) is 17.2 Å². The molecule has 0 spiro atoms. The molecule has 18 heavy (non-hydrogen) atoms. The molecule has 2 heterocycles. The van der Waals surface area contributed by atoms with E-state index in [9.17, 15) is 9.90 Å². The molecule has 0 saturated heterocycles. The average Bonchev–Trinajstić information content (AvgIpc) is 2.74. The Hall–Kier alpha value is -2.37. The van der Waals surface area contributed by atoms with Crippen LogP contribution in [0.25, 0.3) is 0 Å². The highest BCUT2D eigenvalue weighted by atomic mass is 16.3. The molecule has 6 nitrogen and oxygen atoms in total. The van der Waals surface area contributed by atoms with Crippen LogP contribution in [0.2, 0.25) is 0 Å². The van der Waals surface area contributed by atoms with E-state index in [0.717, 1.165) is 5.56 Å². The lowest BCUT2D eigenvalue weighted by Crippen LogP contribution is -2.26. The normalized spacial score (nSPS) is 10.3. The second-order valence-corrected chi connectivity index (χ2v) is 4.05. The van der Waals surface area contributed by atoms with Crippen molar-refractivity contribution in [2.45, 2.75) is 6.54 Å². The molecule has 0 aliphatic rings. The highest BCUT2D eigenvalue weighted by molar-refractivity contribution is 5.94. The fourth-order valence-electron chi connectivity index (χ4n) is 1.64. The van der Waals surface area contributed by atoms with E-state index >= 15 is 0 Å². The first-order valence-electron chi connectivity index (χ1n) is 5.45. The molecule has 94 valence electrons. The third kappa shape index (κ3) is 2.48. The summed E-state index contributed by atoms with van der Waals surface area (Å²) in [5.41, 5.74) is 0.979. The monoisotopic (exact) mass is 246 g/mol. The van der Waals surface area contributed by atoms with Crippen molar-refractivity contribution in [3.63, 3.8) is 0 Å². The maximum Gasteiger partial charge on any atom is 0.276 e. The number of aryl methyl sites for hydroxylation is 1. The van der Waals surface area contributed by atoms with E-state index < -0.39 is 0 Å². The minimum Gasteiger partial charge on any atom is -0.505 e. The van der Waals surface area contributed by atoms with Crippen LogP contribution in [0, 0.1) is 0 Å². The molecule has 0 fully saturated rings. The Labute approximate surface area is 104 Å². The average molecular weight is 246 g/mol. The second-order valence-electron chi connectivity index (χ2n) is 4.05. The van der Waals surface area contributed by atoms with E-state index in [2.05, 4.69) is 10.1 Å². The number of pyridine rings is 1. The lowest BCUT2D eigenvalue weighted by atomic mass is 10.2. The number of carbonyl (C=O) groups excluding carboxylic acids is 1. The lowest BCUT2D eigenvalue weighted by Gasteiger charge is -2.15. The van der Waals surface area contributed by atoms with E-state index in [1.54, 1.807) is 24.0 Å². The molecule has 1 N–H and O–H groups in total. The standard InChI is InChI=1S/C12H14N4O2/c1-15(7-9-6-14-16(2)8-9)12(18)11-10(17)4-3-5-13-11/h3-6,8,17H,7H2,1-2H3. The van der Waals surface area contributed by atoms with Gasteiger partial charge in [0.2, 0.25) is 0 Å². The summed E-state index contributed by atoms with van der Waals surface area (Å²) < 4.78 is 1.67. The SMILES string of the molecule is CN(Cc1cnn(C)c1)C(=O)c1ncccc1O. The third-order valence-corrected chi connectivity index (χ3v) is 2.51. The van der Waals surface area contributed by atoms with Gasteiger partial charge in [0.25, 0.3) is 5.91 Å². The number of nitrogens with zero attached hydrogens (tertiary/aromatic N) is 4. The number of carbonyl (C=O) groups is 1. The fraction of sp³-hybridized carbons (Fsp3) is 0.250. The summed E-state index contributed by atoms with van der Waals surface area (Å²) in [6, 6.07) is 3.02. The van der Waals surface area contributed by atoms with Gasteiger partial charge in [-0.25, -0.2) is 4.98 Å². The van der Waals surface area contributed by atoms with Crippen LogP contribution in [0.3, 0.4) is 0 Å². The topological polar surface area (TPSA) is 71.2 Å². The Morgan fingerprint density at radius 2 is 2.33 bits per heavy atom. The summed E-state index contributed by atoms with van der Waals surface area (Å²) >= 11 is 0. The van der Waals surface area contributed by atoms with Crippen molar-refractivity contribution in [3.8, 4) is 5.75 Å². The maximum absolute atomic E-state index is 12.1. The molecule has 0 bridgehead atoms. The Morgan fingerprint density at radius 3 is 2.94 bits per heavy atom. The molecular weight excluding hydrogens is 232 g/mol. The first kappa shape index (κ1) is 12.1. The van der Waals surface area contributed by atoms with Gasteiger partial charge < -0.3 is 10.0 Å². The first-order valence-corrected chi connectivity index (χ1v) is 5.45. The smallest absolute Gasteiger partial charge is 0.276 e. The first-order chi connectivity index (χ1) is 8.58. The van der Waals surface area contributed by atoms with Crippen molar-refractivity contribution in [3.05, 3.63) is 42.0 Å². The van der Waals surface area contributed by atoms with Crippen molar-refractivity contribution in [1.82, 2.24) is 19.7 Å². The highest BCUT2D eigenvalue weighted by Gasteiger charge is 2.17. The fourth-order valence-corrected chi connectivity index (χ4v) is 1.64. The summed E-state index contributed by atoms with van der Waals surface area (Å²) in [6.07, 6.45) is 5.01. The van der Waals surface area contributed by atoms with E-state index in [0.29, 0.717) is 6.54 Å². The molecule has 0 saturated carbocycles. The van der Waals surface area contributed by atoms with Crippen molar-refractivity contribution >= 4 is 5.91 Å². The molecule has 0 aromatic carbocycles. The van der Waals surface area contributed by atoms with Gasteiger partial charge in [0, 0.05) is 38.6 Å². The zero-order chi connectivity index (χ0) is 13.1. The quantitative estimate of drug-likeness (QED) is 0.869. The predicted molar refractivity (Wildman–Crippen MR) is 64.9 cm³/mol. The van der Waals surface area contributed by atoms with Gasteiger partial charge in [0.1, 0.15) is 5.75 Å². The number of aromatic nitrogens is 3. The molecule has 0 unspecified atom stereocenters. The number of rotatable bonds is 3. The maximum atomic E-state index is 12.1. The Bertz CT molecular complexity index is 565. The van der Waals surface area contributed by atoms with Crippen LogP contribution in [0.5, 0.6) is 5.75 Å². The summed E-state index contributed by atoms with van der Waals surface area (Å²) in [5.74, 6) is -0.433. The molecule has 2 aromatic rings. The van der Waals surface area contributed by atoms with Crippen LogP contribution >= 0.6 is 0 Å². The van der Waals surface area contributed by atoms with Gasteiger partial charge in [-0.15, -0.1) is 0 Å². The minimum absolute atomic E-state index is 0.0592. The summed E-state index contributed by atoms with van der Waals surface area (Å²) in [7, 11) is 3.47. The van der Waals surface area contributed by atoms with Crippen LogP contribution in [0.1, 0.15) is 16.1 Å². The van der Waals surface area contributed by atoms with Crippen molar-refractivity contribution in [2.24, 2.45) is 7.05 Å². The third-order valence-electron chi connectivity index (χ3n) is 2.51. The molecule has 0 aliphatic carbocycles. The number of hydrogen-bond donors (Lipinski definition) is 1. The largest absolute Gasteiger partial charge is 0.505 e. The highest BCUT2D eigenvalue weighted by Crippen LogP contribution is 2.15. The zero-order valence-electron chi connectivity index (χ0n) is 10.2. The molecule has 0 atom stereocenters. The second kappa shape index (κ2) is 4.87. The predicted octanol–water partition coefficient (Wildman–Crippen LogP) is 0.793. The summed E-state index contributed by atoms with van der Waals surface area (Å²) in [6.45, 7) is 0.419. The Kier molecular flexibility index (Phi) is 3.27. The zero-order valence-corrected chi connectivity index (χ0v) is 10.2. The van der Waals surface area contributed by atoms with Crippen LogP contribution in [-0.2, 0) is 13.6 Å². The number of amides is 1. The summed E-state index contributed by atoms with van der Waals surface area (Å²) in [4.78, 5) is 17.4. The molecule has 0 radical (unpaired) electrons. The van der Waals surface area contributed by atoms with Crippen LogP contribution in [0.15, 0.2) is 30.7 Å². The van der Waals surface area contributed by atoms with E-state index in [-0.39, 0.29) is 17.4 Å². The number of hydrogen-bond acceptors (Lipinski definition) is 4. The molecule has 6 heteroatoms. The molecule has 2 rings (SSSR count). The molecule has 1 amide bonds.